The van der Waals surface area contributed by atoms with E-state index < -0.39 is 6.10 Å². The van der Waals surface area contributed by atoms with Gasteiger partial charge in [-0.1, -0.05) is 0 Å². The molecule has 0 spiro atoms. The third-order valence-corrected chi connectivity index (χ3v) is 3.35. The minimum atomic E-state index is -0.549. The second-order valence-electron chi connectivity index (χ2n) is 4.58. The maximum Gasteiger partial charge on any atom is 0.138 e. The molecule has 4 rings (SSSR count). The molecule has 0 bridgehead atoms. The van der Waals surface area contributed by atoms with Gasteiger partial charge in [0.15, 0.2) is 0 Å². The normalized spacial score (nSPS) is 18.2. The molecular formula is C14H10O4. The van der Waals surface area contributed by atoms with Crippen LogP contribution in [0.5, 0.6) is 5.75 Å². The molecule has 1 aliphatic carbocycles. The van der Waals surface area contributed by atoms with E-state index in [1.54, 1.807) is 30.7 Å². The summed E-state index contributed by atoms with van der Waals surface area (Å²) in [6, 6.07) is 3.22. The molecule has 0 amide bonds. The molecule has 0 saturated heterocycles. The predicted molar refractivity (Wildman–Crippen MR) is 63.7 cm³/mol. The van der Waals surface area contributed by atoms with E-state index in [0.29, 0.717) is 17.4 Å². The van der Waals surface area contributed by atoms with Gasteiger partial charge in [0.2, 0.25) is 0 Å². The van der Waals surface area contributed by atoms with Crippen LogP contribution in [-0.4, -0.2) is 16.3 Å². The van der Waals surface area contributed by atoms with Crippen LogP contribution in [0.3, 0.4) is 0 Å². The molecule has 3 aliphatic rings. The number of rotatable bonds is 0. The molecule has 1 atom stereocenters. The van der Waals surface area contributed by atoms with E-state index in [1.807, 2.05) is 0 Å². The van der Waals surface area contributed by atoms with Crippen LogP contribution >= 0.6 is 0 Å². The molecule has 1 aromatic rings. The summed E-state index contributed by atoms with van der Waals surface area (Å²) in [4.78, 5) is 0. The summed E-state index contributed by atoms with van der Waals surface area (Å²) >= 11 is 0. The van der Waals surface area contributed by atoms with Gasteiger partial charge in [-0.05, 0) is 12.1 Å². The molecule has 0 radical (unpaired) electrons. The van der Waals surface area contributed by atoms with E-state index >= 15 is 0 Å². The van der Waals surface area contributed by atoms with Crippen molar-refractivity contribution in [3.05, 3.63) is 46.1 Å². The molecule has 1 unspecified atom stereocenters. The van der Waals surface area contributed by atoms with Gasteiger partial charge in [-0.25, -0.2) is 0 Å². The number of aromatic hydroxyl groups is 1. The van der Waals surface area contributed by atoms with Crippen LogP contribution in [0.2, 0.25) is 0 Å². The van der Waals surface area contributed by atoms with E-state index in [9.17, 15) is 10.2 Å². The fourth-order valence-electron chi connectivity index (χ4n) is 2.63. The van der Waals surface area contributed by atoms with E-state index in [2.05, 4.69) is 0 Å². The smallest absolute Gasteiger partial charge is 0.138 e. The highest BCUT2D eigenvalue weighted by atomic mass is 16.3. The summed E-state index contributed by atoms with van der Waals surface area (Å²) in [6.45, 7) is 0. The zero-order valence-electron chi connectivity index (χ0n) is 9.38. The number of hydrogen-bond acceptors (Lipinski definition) is 4. The first-order chi connectivity index (χ1) is 8.72. The van der Waals surface area contributed by atoms with Gasteiger partial charge in [0, 0.05) is 33.9 Å². The summed E-state index contributed by atoms with van der Waals surface area (Å²) in [5.41, 5.74) is 2.20. The van der Waals surface area contributed by atoms with Crippen molar-refractivity contribution in [3.8, 4) is 5.75 Å². The molecule has 0 fully saturated rings. The van der Waals surface area contributed by atoms with Crippen LogP contribution in [0, 0.1) is 10.4 Å². The SMILES string of the molecule is Oc1cc2coc3c4c(coc(c1)c2=4)CC(O)C=3. The third-order valence-electron chi connectivity index (χ3n) is 3.35. The van der Waals surface area contributed by atoms with Crippen molar-refractivity contribution in [1.82, 2.24) is 0 Å². The summed E-state index contributed by atoms with van der Waals surface area (Å²) < 4.78 is 11.1. The van der Waals surface area contributed by atoms with Gasteiger partial charge in [-0.15, -0.1) is 0 Å². The average molecular weight is 242 g/mol. The molecule has 0 aromatic heterocycles. The van der Waals surface area contributed by atoms with E-state index in [4.69, 9.17) is 8.83 Å². The largest absolute Gasteiger partial charge is 0.508 e. The predicted octanol–water partition coefficient (Wildman–Crippen LogP) is 1.43. The number of aliphatic hydroxyl groups excluding tert-OH is 1. The Morgan fingerprint density at radius 2 is 2.00 bits per heavy atom. The molecule has 4 nitrogen and oxygen atoms in total. The third kappa shape index (κ3) is 1.18. The average Bonchev–Trinajstić information content (AvgIpc) is 2.34. The van der Waals surface area contributed by atoms with Crippen LogP contribution in [-0.2, 0) is 6.42 Å². The lowest BCUT2D eigenvalue weighted by Gasteiger charge is -2.14. The van der Waals surface area contributed by atoms with E-state index in [1.165, 1.54) is 0 Å². The van der Waals surface area contributed by atoms with Gasteiger partial charge in [-0.3, -0.25) is 0 Å². The molecule has 90 valence electrons. The van der Waals surface area contributed by atoms with Gasteiger partial charge in [0.05, 0.1) is 18.6 Å². The van der Waals surface area contributed by atoms with Crippen LogP contribution in [0.4, 0.5) is 0 Å². The number of benzene rings is 1. The highest BCUT2D eigenvalue weighted by molar-refractivity contribution is 5.69. The Balaban J connectivity index is 2.42. The van der Waals surface area contributed by atoms with Crippen molar-refractivity contribution in [2.45, 2.75) is 12.5 Å². The molecule has 2 aliphatic heterocycles. The monoisotopic (exact) mass is 242 g/mol. The second kappa shape index (κ2) is 3.17. The van der Waals surface area contributed by atoms with Gasteiger partial charge >= 0.3 is 0 Å². The molecule has 18 heavy (non-hydrogen) atoms. The van der Waals surface area contributed by atoms with Crippen molar-refractivity contribution in [3.63, 3.8) is 0 Å². The maximum atomic E-state index is 9.74. The minimum absolute atomic E-state index is 0.143. The number of phenolic OH excluding ortho intramolecular Hbond substituents is 1. The molecule has 4 heteroatoms. The summed E-state index contributed by atoms with van der Waals surface area (Å²) in [7, 11) is 0. The first kappa shape index (κ1) is 9.79. The highest BCUT2D eigenvalue weighted by Gasteiger charge is 2.16. The molecule has 2 heterocycles. The first-order valence-electron chi connectivity index (χ1n) is 5.73. The summed E-state index contributed by atoms with van der Waals surface area (Å²) in [5, 5.41) is 22.0. The molecular weight excluding hydrogens is 232 g/mol. The van der Waals surface area contributed by atoms with Crippen LogP contribution in [0.25, 0.3) is 17.0 Å². The Bertz CT molecular complexity index is 864. The fraction of sp³-hybridized carbons (Fsp3) is 0.143. The van der Waals surface area contributed by atoms with Gasteiger partial charge < -0.3 is 19.0 Å². The molecule has 1 aromatic carbocycles. The Hall–Kier alpha value is -2.20. The number of phenols is 1. The van der Waals surface area contributed by atoms with Crippen LogP contribution in [0.1, 0.15) is 5.56 Å². The lowest BCUT2D eigenvalue weighted by atomic mass is 9.99. The number of aliphatic hydroxyl groups is 1. The zero-order chi connectivity index (χ0) is 12.3. The lowest BCUT2D eigenvalue weighted by Crippen LogP contribution is -2.21. The van der Waals surface area contributed by atoms with Crippen molar-refractivity contribution >= 4 is 17.0 Å². The first-order valence-corrected chi connectivity index (χ1v) is 5.73. The second-order valence-corrected chi connectivity index (χ2v) is 4.58. The quantitative estimate of drug-likeness (QED) is 0.626. The lowest BCUT2D eigenvalue weighted by molar-refractivity contribution is 0.233. The highest BCUT2D eigenvalue weighted by Crippen LogP contribution is 2.24. The van der Waals surface area contributed by atoms with E-state index in [0.717, 1.165) is 21.4 Å². The zero-order valence-corrected chi connectivity index (χ0v) is 9.38. The topological polar surface area (TPSA) is 66.7 Å². The van der Waals surface area contributed by atoms with Crippen molar-refractivity contribution in [1.29, 1.82) is 0 Å². The van der Waals surface area contributed by atoms with Crippen LogP contribution < -0.4 is 5.42 Å². The number of hydrogen-bond donors (Lipinski definition) is 2. The Morgan fingerprint density at radius 1 is 1.11 bits per heavy atom. The standard InChI is InChI=1S/C14H10O4/c15-9-1-7-5-17-12-4-10(16)2-8-6-18-11(3-9)13(7)14(8)12/h1,3-6,10,15-16H,2H2. The van der Waals surface area contributed by atoms with Gasteiger partial charge in [0.25, 0.3) is 0 Å². The summed E-state index contributed by atoms with van der Waals surface area (Å²) in [6.07, 6.45) is 4.85. The van der Waals surface area contributed by atoms with E-state index in [-0.39, 0.29) is 5.75 Å². The Labute approximate surface area is 101 Å². The maximum absolute atomic E-state index is 9.74. The molecule has 0 saturated carbocycles. The minimum Gasteiger partial charge on any atom is -0.508 e. The van der Waals surface area contributed by atoms with Gasteiger partial charge in [-0.2, -0.15) is 0 Å². The Morgan fingerprint density at radius 3 is 2.89 bits per heavy atom. The van der Waals surface area contributed by atoms with Crippen LogP contribution in [0.15, 0.2) is 33.5 Å². The van der Waals surface area contributed by atoms with Crippen molar-refractivity contribution in [2.75, 3.05) is 0 Å². The van der Waals surface area contributed by atoms with Crippen molar-refractivity contribution in [2.24, 2.45) is 0 Å². The van der Waals surface area contributed by atoms with Crippen molar-refractivity contribution < 1.29 is 19.0 Å². The fourth-order valence-corrected chi connectivity index (χ4v) is 2.63. The Kier molecular flexibility index (Phi) is 1.73. The summed E-state index contributed by atoms with van der Waals surface area (Å²) in [5.74, 6) is 0.143. The van der Waals surface area contributed by atoms with Gasteiger partial charge in [0.1, 0.15) is 16.7 Å². The molecule has 2 N–H and O–H groups in total.